The van der Waals surface area contributed by atoms with Crippen molar-refractivity contribution in [1.82, 2.24) is 14.2 Å². The highest BCUT2D eigenvalue weighted by Gasteiger charge is 2.54. The van der Waals surface area contributed by atoms with Gasteiger partial charge in [0.25, 0.3) is 0 Å². The summed E-state index contributed by atoms with van der Waals surface area (Å²) in [5.41, 5.74) is 1.51. The Morgan fingerprint density at radius 3 is 2.74 bits per heavy atom. The first-order valence-corrected chi connectivity index (χ1v) is 9.19. The van der Waals surface area contributed by atoms with E-state index in [9.17, 15) is 8.42 Å². The highest BCUT2D eigenvalue weighted by molar-refractivity contribution is 7.89. The second-order valence-electron chi connectivity index (χ2n) is 6.28. The monoisotopic (exact) mass is 329 g/mol. The van der Waals surface area contributed by atoms with E-state index < -0.39 is 15.6 Å². The van der Waals surface area contributed by atoms with Crippen LogP contribution in [0.4, 0.5) is 0 Å². The molecule has 1 unspecified atom stereocenters. The molecule has 1 fully saturated rings. The van der Waals surface area contributed by atoms with Gasteiger partial charge in [-0.1, -0.05) is 24.3 Å². The number of hydrogen-bond acceptors (Lipinski definition) is 4. The minimum absolute atomic E-state index is 0.440. The first kappa shape index (κ1) is 14.8. The molecule has 0 radical (unpaired) electrons. The molecule has 2 aliphatic heterocycles. The largest absolute Gasteiger partial charge is 0.295 e. The lowest BCUT2D eigenvalue weighted by Gasteiger charge is -2.31. The molecule has 1 saturated heterocycles. The minimum atomic E-state index is -3.38. The van der Waals surface area contributed by atoms with Crippen LogP contribution in [0.5, 0.6) is 0 Å². The Labute approximate surface area is 136 Å². The van der Waals surface area contributed by atoms with Crippen molar-refractivity contribution >= 4 is 10.0 Å². The molecular weight excluding hydrogens is 310 g/mol. The molecule has 1 atom stereocenters. The molecule has 1 aromatic carbocycles. The van der Waals surface area contributed by atoms with E-state index in [-0.39, 0.29) is 0 Å². The standard InChI is InChI=1S/C17H19N3O2S/c1-19-17(15-7-2-3-8-16(15)23(19,21)22)9-11-20(13-17)12-14-6-4-5-10-18-14/h2-8,10H,9,11-13H2,1H3. The van der Waals surface area contributed by atoms with Gasteiger partial charge in [0.2, 0.25) is 10.0 Å². The van der Waals surface area contributed by atoms with Crippen LogP contribution in [0.2, 0.25) is 0 Å². The molecule has 6 heteroatoms. The summed E-state index contributed by atoms with van der Waals surface area (Å²) in [4.78, 5) is 7.12. The molecular formula is C17H19N3O2S. The van der Waals surface area contributed by atoms with Gasteiger partial charge in [0.15, 0.2) is 0 Å². The molecule has 0 aliphatic carbocycles. The van der Waals surface area contributed by atoms with Gasteiger partial charge in [0, 0.05) is 32.9 Å². The summed E-state index contributed by atoms with van der Waals surface area (Å²) in [5.74, 6) is 0. The molecule has 0 N–H and O–H groups in total. The summed E-state index contributed by atoms with van der Waals surface area (Å²) in [6.07, 6.45) is 2.61. The number of likely N-dealkylation sites (N-methyl/N-ethyl adjacent to an activating group) is 1. The van der Waals surface area contributed by atoms with Crippen molar-refractivity contribution in [3.63, 3.8) is 0 Å². The molecule has 0 bridgehead atoms. The zero-order chi connectivity index (χ0) is 16.1. The molecule has 120 valence electrons. The number of pyridine rings is 1. The third-order valence-corrected chi connectivity index (χ3v) is 7.05. The number of rotatable bonds is 2. The van der Waals surface area contributed by atoms with E-state index in [1.807, 2.05) is 30.3 Å². The van der Waals surface area contributed by atoms with Crippen LogP contribution in [0.25, 0.3) is 0 Å². The Bertz CT molecular complexity index is 838. The van der Waals surface area contributed by atoms with E-state index in [4.69, 9.17) is 0 Å². The van der Waals surface area contributed by atoms with E-state index >= 15 is 0 Å². The second kappa shape index (κ2) is 5.12. The van der Waals surface area contributed by atoms with E-state index in [0.29, 0.717) is 11.4 Å². The Morgan fingerprint density at radius 1 is 1.17 bits per heavy atom. The van der Waals surface area contributed by atoms with Crippen LogP contribution in [-0.4, -0.2) is 42.7 Å². The van der Waals surface area contributed by atoms with Crippen LogP contribution < -0.4 is 0 Å². The van der Waals surface area contributed by atoms with Gasteiger partial charge in [0.05, 0.1) is 16.1 Å². The number of fused-ring (bicyclic) bond motifs is 2. The van der Waals surface area contributed by atoms with Gasteiger partial charge in [-0.05, 0) is 30.2 Å². The maximum absolute atomic E-state index is 12.7. The van der Waals surface area contributed by atoms with Gasteiger partial charge < -0.3 is 0 Å². The highest BCUT2D eigenvalue weighted by Crippen LogP contribution is 2.48. The maximum atomic E-state index is 12.7. The summed E-state index contributed by atoms with van der Waals surface area (Å²) in [7, 11) is -1.67. The lowest BCUT2D eigenvalue weighted by Crippen LogP contribution is -2.43. The number of aromatic nitrogens is 1. The van der Waals surface area contributed by atoms with Gasteiger partial charge >= 0.3 is 0 Å². The van der Waals surface area contributed by atoms with E-state index in [1.54, 1.807) is 29.7 Å². The van der Waals surface area contributed by atoms with Crippen LogP contribution in [0.3, 0.4) is 0 Å². The lowest BCUT2D eigenvalue weighted by molar-refractivity contribution is 0.216. The van der Waals surface area contributed by atoms with Crippen molar-refractivity contribution in [3.05, 3.63) is 59.9 Å². The van der Waals surface area contributed by atoms with Gasteiger partial charge in [-0.25, -0.2) is 8.42 Å². The zero-order valence-electron chi connectivity index (χ0n) is 13.0. The molecule has 1 spiro atoms. The maximum Gasteiger partial charge on any atom is 0.244 e. The number of sulfonamides is 1. The van der Waals surface area contributed by atoms with E-state index in [2.05, 4.69) is 9.88 Å². The fourth-order valence-electron chi connectivity index (χ4n) is 3.83. The molecule has 4 rings (SSSR count). The third-order valence-electron chi connectivity index (χ3n) is 5.07. The molecule has 0 amide bonds. The first-order chi connectivity index (χ1) is 11.0. The Hall–Kier alpha value is -1.76. The lowest BCUT2D eigenvalue weighted by atomic mass is 9.89. The Kier molecular flexibility index (Phi) is 3.30. The van der Waals surface area contributed by atoms with E-state index in [1.165, 1.54) is 0 Å². The molecule has 5 nitrogen and oxygen atoms in total. The Morgan fingerprint density at radius 2 is 1.96 bits per heavy atom. The normalized spacial score (nSPS) is 26.7. The van der Waals surface area contributed by atoms with Crippen molar-refractivity contribution in [2.24, 2.45) is 0 Å². The minimum Gasteiger partial charge on any atom is -0.295 e. The molecule has 0 saturated carbocycles. The molecule has 3 heterocycles. The van der Waals surface area contributed by atoms with Crippen LogP contribution in [0, 0.1) is 0 Å². The quantitative estimate of drug-likeness (QED) is 0.843. The third kappa shape index (κ3) is 2.13. The van der Waals surface area contributed by atoms with Crippen molar-refractivity contribution in [2.75, 3.05) is 20.1 Å². The predicted molar refractivity (Wildman–Crippen MR) is 87.2 cm³/mol. The van der Waals surface area contributed by atoms with Crippen molar-refractivity contribution < 1.29 is 8.42 Å². The number of nitrogens with zero attached hydrogens (tertiary/aromatic N) is 3. The SMILES string of the molecule is CN1C2(CCN(Cc3ccccn3)C2)c2ccccc2S1(=O)=O. The molecule has 2 aromatic rings. The predicted octanol–water partition coefficient (Wildman–Crippen LogP) is 1.82. The topological polar surface area (TPSA) is 53.5 Å². The van der Waals surface area contributed by atoms with Gasteiger partial charge in [-0.2, -0.15) is 4.31 Å². The smallest absolute Gasteiger partial charge is 0.244 e. The summed E-state index contributed by atoms with van der Waals surface area (Å²) in [5, 5.41) is 0. The highest BCUT2D eigenvalue weighted by atomic mass is 32.2. The first-order valence-electron chi connectivity index (χ1n) is 7.75. The Balaban J connectivity index is 1.68. The zero-order valence-corrected chi connectivity index (χ0v) is 13.8. The fourth-order valence-corrected chi connectivity index (χ4v) is 5.62. The van der Waals surface area contributed by atoms with Gasteiger partial charge in [0.1, 0.15) is 0 Å². The number of likely N-dealkylation sites (tertiary alicyclic amines) is 1. The van der Waals surface area contributed by atoms with Gasteiger partial charge in [-0.15, -0.1) is 0 Å². The van der Waals surface area contributed by atoms with Gasteiger partial charge in [-0.3, -0.25) is 9.88 Å². The summed E-state index contributed by atoms with van der Waals surface area (Å²) in [6.45, 7) is 2.32. The summed E-state index contributed by atoms with van der Waals surface area (Å²) >= 11 is 0. The van der Waals surface area contributed by atoms with Crippen LogP contribution in [0.1, 0.15) is 17.7 Å². The molecule has 2 aliphatic rings. The van der Waals surface area contributed by atoms with Crippen molar-refractivity contribution in [3.8, 4) is 0 Å². The van der Waals surface area contributed by atoms with Crippen LogP contribution in [0.15, 0.2) is 53.6 Å². The fraction of sp³-hybridized carbons (Fsp3) is 0.353. The van der Waals surface area contributed by atoms with Crippen LogP contribution >= 0.6 is 0 Å². The average molecular weight is 329 g/mol. The second-order valence-corrected chi connectivity index (χ2v) is 8.22. The number of hydrogen-bond donors (Lipinski definition) is 0. The summed E-state index contributed by atoms with van der Waals surface area (Å²) < 4.78 is 27.0. The summed E-state index contributed by atoms with van der Waals surface area (Å²) in [6, 6.07) is 13.3. The number of benzene rings is 1. The molecule has 23 heavy (non-hydrogen) atoms. The molecule has 1 aromatic heterocycles. The average Bonchev–Trinajstić information content (AvgIpc) is 3.05. The van der Waals surface area contributed by atoms with Crippen LogP contribution in [-0.2, 0) is 22.1 Å². The van der Waals surface area contributed by atoms with Crippen molar-refractivity contribution in [2.45, 2.75) is 23.4 Å². The van der Waals surface area contributed by atoms with E-state index in [0.717, 1.165) is 30.8 Å². The van der Waals surface area contributed by atoms with Crippen molar-refractivity contribution in [1.29, 1.82) is 0 Å².